The van der Waals surface area contributed by atoms with E-state index in [1.165, 1.54) is 6.07 Å². The number of nitrogens with two attached hydrogens (primary N) is 1. The van der Waals surface area contributed by atoms with Gasteiger partial charge in [0.15, 0.2) is 0 Å². The van der Waals surface area contributed by atoms with Gasteiger partial charge in [0, 0.05) is 10.6 Å². The van der Waals surface area contributed by atoms with Crippen LogP contribution in [0, 0.1) is 5.82 Å². The van der Waals surface area contributed by atoms with Gasteiger partial charge in [-0.2, -0.15) is 0 Å². The van der Waals surface area contributed by atoms with Gasteiger partial charge in [0.05, 0.1) is 15.7 Å². The van der Waals surface area contributed by atoms with Gasteiger partial charge in [0.1, 0.15) is 5.82 Å². The summed E-state index contributed by atoms with van der Waals surface area (Å²) in [5.41, 5.74) is 6.46. The minimum atomic E-state index is -0.387. The Morgan fingerprint density at radius 3 is 2.50 bits per heavy atom. The topological polar surface area (TPSA) is 26.0 Å². The fraction of sp³-hybridized carbons (Fsp3) is 0.0769. The van der Waals surface area contributed by atoms with Crippen LogP contribution in [0.25, 0.3) is 0 Å². The van der Waals surface area contributed by atoms with Crippen LogP contribution < -0.4 is 5.73 Å². The summed E-state index contributed by atoms with van der Waals surface area (Å²) in [6, 6.07) is 10.2. The zero-order valence-corrected chi connectivity index (χ0v) is 11.6. The van der Waals surface area contributed by atoms with E-state index in [9.17, 15) is 4.39 Å². The van der Waals surface area contributed by atoms with E-state index in [0.29, 0.717) is 15.8 Å². The molecule has 0 spiro atoms. The Morgan fingerprint density at radius 1 is 1.06 bits per heavy atom. The van der Waals surface area contributed by atoms with Gasteiger partial charge in [-0.3, -0.25) is 0 Å². The molecule has 0 saturated carbocycles. The van der Waals surface area contributed by atoms with Crippen molar-refractivity contribution >= 4 is 40.7 Å². The standard InChI is InChI=1S/C13H10Cl2FNS/c14-10-3-2-9(6-11(10)15)18-7-8-1-4-13(17)12(16)5-8/h1-6H,7,17H2. The lowest BCUT2D eigenvalue weighted by Gasteiger charge is -2.05. The van der Waals surface area contributed by atoms with Gasteiger partial charge >= 0.3 is 0 Å². The highest BCUT2D eigenvalue weighted by Crippen LogP contribution is 2.30. The molecule has 94 valence electrons. The molecule has 0 aliphatic carbocycles. The van der Waals surface area contributed by atoms with Crippen LogP contribution in [-0.2, 0) is 5.75 Å². The Morgan fingerprint density at radius 2 is 1.83 bits per heavy atom. The molecule has 0 aromatic heterocycles. The van der Waals surface area contributed by atoms with E-state index in [1.54, 1.807) is 30.0 Å². The van der Waals surface area contributed by atoms with Crippen molar-refractivity contribution in [1.82, 2.24) is 0 Å². The Bertz CT molecular complexity index is 523. The predicted molar refractivity (Wildman–Crippen MR) is 76.8 cm³/mol. The third-order valence-corrected chi connectivity index (χ3v) is 4.17. The van der Waals surface area contributed by atoms with Gasteiger partial charge in [0.25, 0.3) is 0 Å². The lowest BCUT2D eigenvalue weighted by Crippen LogP contribution is -1.91. The van der Waals surface area contributed by atoms with E-state index in [0.717, 1.165) is 10.5 Å². The molecule has 0 atom stereocenters. The molecule has 0 unspecified atom stereocenters. The summed E-state index contributed by atoms with van der Waals surface area (Å²) in [5.74, 6) is 0.261. The molecule has 0 bridgehead atoms. The number of nitrogen functional groups attached to an aromatic ring is 1. The highest BCUT2D eigenvalue weighted by molar-refractivity contribution is 7.98. The predicted octanol–water partition coefficient (Wildman–Crippen LogP) is 5.01. The SMILES string of the molecule is Nc1ccc(CSc2ccc(Cl)c(Cl)c2)cc1F. The van der Waals surface area contributed by atoms with Gasteiger partial charge in [-0.1, -0.05) is 29.3 Å². The quantitative estimate of drug-likeness (QED) is 0.637. The first-order chi connectivity index (χ1) is 8.56. The normalized spacial score (nSPS) is 10.6. The maximum absolute atomic E-state index is 13.2. The molecule has 0 fully saturated rings. The first-order valence-electron chi connectivity index (χ1n) is 5.18. The minimum absolute atomic E-state index is 0.165. The lowest BCUT2D eigenvalue weighted by molar-refractivity contribution is 0.631. The fourth-order valence-electron chi connectivity index (χ4n) is 1.39. The number of anilines is 1. The second kappa shape index (κ2) is 5.83. The second-order valence-electron chi connectivity index (χ2n) is 3.72. The molecule has 0 heterocycles. The van der Waals surface area contributed by atoms with Crippen LogP contribution in [0.4, 0.5) is 10.1 Å². The summed E-state index contributed by atoms with van der Waals surface area (Å²) in [4.78, 5) is 0.988. The lowest BCUT2D eigenvalue weighted by atomic mass is 10.2. The van der Waals surface area contributed by atoms with Crippen LogP contribution in [0.2, 0.25) is 10.0 Å². The number of rotatable bonds is 3. The monoisotopic (exact) mass is 301 g/mol. The average molecular weight is 302 g/mol. The van der Waals surface area contributed by atoms with Crippen LogP contribution in [-0.4, -0.2) is 0 Å². The molecule has 1 nitrogen and oxygen atoms in total. The van der Waals surface area contributed by atoms with Crippen LogP contribution in [0.1, 0.15) is 5.56 Å². The Kier molecular flexibility index (Phi) is 4.38. The summed E-state index contributed by atoms with van der Waals surface area (Å²) >= 11 is 13.3. The Labute approximate surface area is 119 Å². The summed E-state index contributed by atoms with van der Waals surface area (Å²) in [6.07, 6.45) is 0. The van der Waals surface area contributed by atoms with E-state index in [1.807, 2.05) is 12.1 Å². The van der Waals surface area contributed by atoms with Gasteiger partial charge in [0.2, 0.25) is 0 Å². The van der Waals surface area contributed by atoms with Crippen molar-refractivity contribution < 1.29 is 4.39 Å². The zero-order chi connectivity index (χ0) is 13.1. The van der Waals surface area contributed by atoms with Crippen molar-refractivity contribution in [2.45, 2.75) is 10.6 Å². The average Bonchev–Trinajstić information content (AvgIpc) is 2.35. The van der Waals surface area contributed by atoms with Crippen LogP contribution in [0.5, 0.6) is 0 Å². The van der Waals surface area contributed by atoms with Crippen molar-refractivity contribution in [3.8, 4) is 0 Å². The maximum Gasteiger partial charge on any atom is 0.146 e. The van der Waals surface area contributed by atoms with Crippen molar-refractivity contribution in [2.24, 2.45) is 0 Å². The largest absolute Gasteiger partial charge is 0.396 e. The number of halogens is 3. The van der Waals surface area contributed by atoms with E-state index >= 15 is 0 Å². The van der Waals surface area contributed by atoms with E-state index in [2.05, 4.69) is 0 Å². The first-order valence-corrected chi connectivity index (χ1v) is 6.92. The third-order valence-electron chi connectivity index (χ3n) is 2.36. The van der Waals surface area contributed by atoms with Crippen LogP contribution in [0.15, 0.2) is 41.3 Å². The molecule has 0 saturated heterocycles. The zero-order valence-electron chi connectivity index (χ0n) is 9.29. The minimum Gasteiger partial charge on any atom is -0.396 e. The van der Waals surface area contributed by atoms with Crippen molar-refractivity contribution in [1.29, 1.82) is 0 Å². The number of hydrogen-bond donors (Lipinski definition) is 1. The molecule has 2 aromatic carbocycles. The van der Waals surface area contributed by atoms with E-state index in [4.69, 9.17) is 28.9 Å². The molecule has 2 aromatic rings. The fourth-order valence-corrected chi connectivity index (χ4v) is 2.63. The summed E-state index contributed by atoms with van der Waals surface area (Å²) in [5, 5.41) is 1.05. The summed E-state index contributed by atoms with van der Waals surface area (Å²) in [7, 11) is 0. The molecule has 5 heteroatoms. The van der Waals surface area contributed by atoms with Gasteiger partial charge in [-0.25, -0.2) is 4.39 Å². The van der Waals surface area contributed by atoms with E-state index < -0.39 is 0 Å². The molecule has 2 N–H and O–H groups in total. The highest BCUT2D eigenvalue weighted by atomic mass is 35.5. The molecular formula is C13H10Cl2FNS. The summed E-state index contributed by atoms with van der Waals surface area (Å²) in [6.45, 7) is 0. The van der Waals surface area contributed by atoms with Crippen molar-refractivity contribution in [2.75, 3.05) is 5.73 Å². The number of hydrogen-bond acceptors (Lipinski definition) is 2. The van der Waals surface area contributed by atoms with Crippen molar-refractivity contribution in [3.63, 3.8) is 0 Å². The Hall–Kier alpha value is -0.900. The van der Waals surface area contributed by atoms with Crippen molar-refractivity contribution in [3.05, 3.63) is 57.8 Å². The molecule has 0 radical (unpaired) electrons. The molecule has 2 rings (SSSR count). The van der Waals surface area contributed by atoms with Crippen LogP contribution in [0.3, 0.4) is 0 Å². The van der Waals surface area contributed by atoms with E-state index in [-0.39, 0.29) is 11.5 Å². The Balaban J connectivity index is 2.06. The third kappa shape index (κ3) is 3.31. The first kappa shape index (κ1) is 13.5. The molecule has 0 aliphatic rings. The van der Waals surface area contributed by atoms with Gasteiger partial charge in [-0.05, 0) is 35.9 Å². The number of thioether (sulfide) groups is 1. The maximum atomic E-state index is 13.2. The smallest absolute Gasteiger partial charge is 0.146 e. The molecule has 0 aliphatic heterocycles. The summed E-state index contributed by atoms with van der Waals surface area (Å²) < 4.78 is 13.2. The molecular weight excluding hydrogens is 292 g/mol. The van der Waals surface area contributed by atoms with Gasteiger partial charge < -0.3 is 5.73 Å². The number of benzene rings is 2. The molecule has 18 heavy (non-hydrogen) atoms. The van der Waals surface area contributed by atoms with Crippen LogP contribution >= 0.6 is 35.0 Å². The van der Waals surface area contributed by atoms with Gasteiger partial charge in [-0.15, -0.1) is 11.8 Å². The highest BCUT2D eigenvalue weighted by Gasteiger charge is 2.03. The molecule has 0 amide bonds. The second-order valence-corrected chi connectivity index (χ2v) is 5.58.